The van der Waals surface area contributed by atoms with Gasteiger partial charge in [-0.25, -0.2) is 0 Å². The summed E-state index contributed by atoms with van der Waals surface area (Å²) in [5, 5.41) is 0. The molecule has 1 unspecified atom stereocenters. The first-order chi connectivity index (χ1) is 6.24. The molecule has 2 heteroatoms. The third kappa shape index (κ3) is 6.62. The largest absolute Gasteiger partial charge is 0.345 e. The summed E-state index contributed by atoms with van der Waals surface area (Å²) in [5.74, 6) is 0.650. The van der Waals surface area contributed by atoms with Crippen LogP contribution in [-0.4, -0.2) is 24.4 Å². The Morgan fingerprint density at radius 3 is 2.46 bits per heavy atom. The Hall–Kier alpha value is -0.530. The second-order valence-corrected chi connectivity index (χ2v) is 3.85. The van der Waals surface area contributed by atoms with Gasteiger partial charge in [0.15, 0.2) is 0 Å². The lowest BCUT2D eigenvalue weighted by atomic mass is 10.0. The number of hydrogen-bond acceptors (Lipinski definition) is 1. The smallest absolute Gasteiger partial charge is 0.209 e. The minimum Gasteiger partial charge on any atom is -0.345 e. The SMILES string of the molecule is CCCCC(C)CN(C=O)CCC. The second-order valence-electron chi connectivity index (χ2n) is 3.85. The van der Waals surface area contributed by atoms with Gasteiger partial charge < -0.3 is 4.90 Å². The van der Waals surface area contributed by atoms with Gasteiger partial charge in [0.2, 0.25) is 6.41 Å². The van der Waals surface area contributed by atoms with Crippen LogP contribution in [0.1, 0.15) is 46.5 Å². The van der Waals surface area contributed by atoms with Crippen molar-refractivity contribution in [1.29, 1.82) is 0 Å². The van der Waals surface area contributed by atoms with Crippen molar-refractivity contribution < 1.29 is 4.79 Å². The van der Waals surface area contributed by atoms with E-state index in [1.54, 1.807) is 0 Å². The predicted molar refractivity (Wildman–Crippen MR) is 56.6 cm³/mol. The molecule has 1 amide bonds. The van der Waals surface area contributed by atoms with Crippen molar-refractivity contribution in [3.8, 4) is 0 Å². The third-order valence-electron chi connectivity index (χ3n) is 2.26. The van der Waals surface area contributed by atoms with Crippen LogP contribution >= 0.6 is 0 Å². The van der Waals surface area contributed by atoms with Gasteiger partial charge in [-0.05, 0) is 18.8 Å². The molecule has 0 aromatic heterocycles. The molecule has 0 saturated carbocycles. The van der Waals surface area contributed by atoms with Gasteiger partial charge in [0.1, 0.15) is 0 Å². The van der Waals surface area contributed by atoms with Crippen LogP contribution in [0.25, 0.3) is 0 Å². The molecule has 1 atom stereocenters. The molecule has 0 bridgehead atoms. The second kappa shape index (κ2) is 8.09. The van der Waals surface area contributed by atoms with Crippen molar-refractivity contribution in [3.05, 3.63) is 0 Å². The Balaban J connectivity index is 3.59. The van der Waals surface area contributed by atoms with E-state index in [0.717, 1.165) is 25.9 Å². The summed E-state index contributed by atoms with van der Waals surface area (Å²) in [7, 11) is 0. The van der Waals surface area contributed by atoms with E-state index >= 15 is 0 Å². The highest BCUT2D eigenvalue weighted by Crippen LogP contribution is 2.08. The van der Waals surface area contributed by atoms with Crippen LogP contribution in [0.3, 0.4) is 0 Å². The van der Waals surface area contributed by atoms with Crippen LogP contribution in [0.15, 0.2) is 0 Å². The van der Waals surface area contributed by atoms with Crippen molar-refractivity contribution in [3.63, 3.8) is 0 Å². The Morgan fingerprint density at radius 2 is 2.00 bits per heavy atom. The number of unbranched alkanes of at least 4 members (excludes halogenated alkanes) is 1. The average Bonchev–Trinajstić information content (AvgIpc) is 2.14. The fourth-order valence-corrected chi connectivity index (χ4v) is 1.52. The standard InChI is InChI=1S/C11H23NO/c1-4-6-7-11(3)9-12(10-13)8-5-2/h10-11H,4-9H2,1-3H3. The zero-order chi connectivity index (χ0) is 10.1. The lowest BCUT2D eigenvalue weighted by Gasteiger charge is -2.20. The Morgan fingerprint density at radius 1 is 1.31 bits per heavy atom. The maximum absolute atomic E-state index is 10.6. The molecule has 0 rings (SSSR count). The molecule has 2 nitrogen and oxygen atoms in total. The summed E-state index contributed by atoms with van der Waals surface area (Å²) in [4.78, 5) is 12.5. The van der Waals surface area contributed by atoms with Crippen LogP contribution in [0, 0.1) is 5.92 Å². The molecule has 0 aliphatic carbocycles. The van der Waals surface area contributed by atoms with E-state index in [4.69, 9.17) is 0 Å². The van der Waals surface area contributed by atoms with E-state index in [2.05, 4.69) is 20.8 Å². The van der Waals surface area contributed by atoms with E-state index in [1.165, 1.54) is 19.3 Å². The molecule has 0 aromatic rings. The predicted octanol–water partition coefficient (Wildman–Crippen LogP) is 2.68. The first kappa shape index (κ1) is 12.5. The summed E-state index contributed by atoms with van der Waals surface area (Å²) in [6, 6.07) is 0. The van der Waals surface area contributed by atoms with Gasteiger partial charge in [-0.2, -0.15) is 0 Å². The minimum atomic E-state index is 0.650. The summed E-state index contributed by atoms with van der Waals surface area (Å²) in [6.45, 7) is 8.36. The molecule has 0 fully saturated rings. The molecule has 0 aromatic carbocycles. The van der Waals surface area contributed by atoms with Crippen LogP contribution in [-0.2, 0) is 4.79 Å². The van der Waals surface area contributed by atoms with E-state index in [-0.39, 0.29) is 0 Å². The van der Waals surface area contributed by atoms with Gasteiger partial charge in [-0.15, -0.1) is 0 Å². The quantitative estimate of drug-likeness (QED) is 0.532. The van der Waals surface area contributed by atoms with Crippen molar-refractivity contribution in [2.75, 3.05) is 13.1 Å². The van der Waals surface area contributed by atoms with Crippen molar-refractivity contribution in [1.82, 2.24) is 4.90 Å². The van der Waals surface area contributed by atoms with Crippen LogP contribution < -0.4 is 0 Å². The topological polar surface area (TPSA) is 20.3 Å². The van der Waals surface area contributed by atoms with Crippen molar-refractivity contribution in [2.24, 2.45) is 5.92 Å². The monoisotopic (exact) mass is 185 g/mol. The lowest BCUT2D eigenvalue weighted by molar-refractivity contribution is -0.118. The Bertz CT molecular complexity index is 125. The first-order valence-corrected chi connectivity index (χ1v) is 5.43. The zero-order valence-electron chi connectivity index (χ0n) is 9.25. The number of hydrogen-bond donors (Lipinski definition) is 0. The van der Waals surface area contributed by atoms with Crippen LogP contribution in [0.4, 0.5) is 0 Å². The highest BCUT2D eigenvalue weighted by molar-refractivity contribution is 5.46. The van der Waals surface area contributed by atoms with Gasteiger partial charge >= 0.3 is 0 Å². The molecule has 78 valence electrons. The highest BCUT2D eigenvalue weighted by Gasteiger charge is 2.06. The fraction of sp³-hybridized carbons (Fsp3) is 0.909. The van der Waals surface area contributed by atoms with E-state index < -0.39 is 0 Å². The Labute approximate surface area is 82.3 Å². The number of carbonyl (C=O) groups excluding carboxylic acids is 1. The first-order valence-electron chi connectivity index (χ1n) is 5.43. The summed E-state index contributed by atoms with van der Waals surface area (Å²) >= 11 is 0. The molecule has 13 heavy (non-hydrogen) atoms. The van der Waals surface area contributed by atoms with E-state index in [1.807, 2.05) is 4.90 Å². The molecule has 0 heterocycles. The van der Waals surface area contributed by atoms with Gasteiger partial charge in [0.25, 0.3) is 0 Å². The molecule has 0 aliphatic heterocycles. The zero-order valence-corrected chi connectivity index (χ0v) is 9.25. The van der Waals surface area contributed by atoms with Gasteiger partial charge in [0, 0.05) is 13.1 Å². The van der Waals surface area contributed by atoms with Crippen LogP contribution in [0.5, 0.6) is 0 Å². The number of nitrogens with zero attached hydrogens (tertiary/aromatic N) is 1. The van der Waals surface area contributed by atoms with Gasteiger partial charge in [-0.1, -0.05) is 33.6 Å². The number of amides is 1. The maximum atomic E-state index is 10.6. The maximum Gasteiger partial charge on any atom is 0.209 e. The summed E-state index contributed by atoms with van der Waals surface area (Å²) < 4.78 is 0. The average molecular weight is 185 g/mol. The van der Waals surface area contributed by atoms with Crippen LogP contribution in [0.2, 0.25) is 0 Å². The molecular formula is C11H23NO. The minimum absolute atomic E-state index is 0.650. The highest BCUT2D eigenvalue weighted by atomic mass is 16.1. The molecular weight excluding hydrogens is 162 g/mol. The Kier molecular flexibility index (Phi) is 7.76. The molecule has 0 radical (unpaired) electrons. The van der Waals surface area contributed by atoms with Gasteiger partial charge in [0.05, 0.1) is 0 Å². The van der Waals surface area contributed by atoms with E-state index in [9.17, 15) is 4.79 Å². The third-order valence-corrected chi connectivity index (χ3v) is 2.26. The van der Waals surface area contributed by atoms with Crippen molar-refractivity contribution >= 4 is 6.41 Å². The summed E-state index contributed by atoms with van der Waals surface area (Å²) in [5.41, 5.74) is 0. The van der Waals surface area contributed by atoms with Crippen molar-refractivity contribution in [2.45, 2.75) is 46.5 Å². The number of carbonyl (C=O) groups is 1. The van der Waals surface area contributed by atoms with Gasteiger partial charge in [-0.3, -0.25) is 4.79 Å². The molecule has 0 spiro atoms. The lowest BCUT2D eigenvalue weighted by Crippen LogP contribution is -2.28. The molecule has 0 N–H and O–H groups in total. The molecule has 0 saturated heterocycles. The van der Waals surface area contributed by atoms with E-state index in [0.29, 0.717) is 5.92 Å². The normalized spacial score (nSPS) is 12.5. The summed E-state index contributed by atoms with van der Waals surface area (Å²) in [6.07, 6.45) is 5.80. The molecule has 0 aliphatic rings. The fourth-order valence-electron chi connectivity index (χ4n) is 1.52. The number of rotatable bonds is 8.